The van der Waals surface area contributed by atoms with E-state index in [1.54, 1.807) is 0 Å². The number of ether oxygens (including phenoxy) is 4. The van der Waals surface area contributed by atoms with Gasteiger partial charge in [0, 0.05) is 19.8 Å². The summed E-state index contributed by atoms with van der Waals surface area (Å²) < 4.78 is 23.4. The Balaban J connectivity index is 2.22. The van der Waals surface area contributed by atoms with Crippen LogP contribution in [-0.4, -0.2) is 44.4 Å². The van der Waals surface area contributed by atoms with Gasteiger partial charge in [-0.1, -0.05) is 40.5 Å². The van der Waals surface area contributed by atoms with E-state index in [0.717, 1.165) is 87.9 Å². The lowest BCUT2D eigenvalue weighted by molar-refractivity contribution is -0.173. The van der Waals surface area contributed by atoms with Crippen LogP contribution in [0.4, 0.5) is 0 Å². The summed E-state index contributed by atoms with van der Waals surface area (Å²) in [5.74, 6) is 1.27. The number of unbranched alkanes of at least 4 members (excludes halogenated alkanes) is 4. The van der Waals surface area contributed by atoms with E-state index in [-0.39, 0.29) is 6.29 Å². The Morgan fingerprint density at radius 2 is 1.30 bits per heavy atom. The van der Waals surface area contributed by atoms with Crippen molar-refractivity contribution in [1.82, 2.24) is 0 Å². The van der Waals surface area contributed by atoms with Crippen molar-refractivity contribution in [3.63, 3.8) is 0 Å². The van der Waals surface area contributed by atoms with E-state index in [1.165, 1.54) is 0 Å². The molecule has 0 spiro atoms. The van der Waals surface area contributed by atoms with Gasteiger partial charge in [-0.15, -0.1) is 0 Å². The summed E-state index contributed by atoms with van der Waals surface area (Å²) in [6.45, 7) is 11.8. The van der Waals surface area contributed by atoms with Crippen LogP contribution in [0.15, 0.2) is 12.1 Å². The standard InChI is InChI=1S/C25H44O5/c1-5-9-15-28-24(29-16-10-6-2)20-27-14-12-11-13-17-30-25-21(7-3)18-23(26)19-22(25)8-4/h18-19,24,26H,5-17,20H2,1-4H3. The van der Waals surface area contributed by atoms with Crippen molar-refractivity contribution in [3.05, 3.63) is 23.3 Å². The molecule has 0 fully saturated rings. The molecule has 0 heterocycles. The van der Waals surface area contributed by atoms with Crippen LogP contribution in [0, 0.1) is 0 Å². The Morgan fingerprint density at radius 1 is 0.733 bits per heavy atom. The third kappa shape index (κ3) is 11.2. The predicted octanol–water partition coefficient (Wildman–Crippen LogP) is 6.04. The molecule has 0 aliphatic rings. The minimum absolute atomic E-state index is 0.249. The van der Waals surface area contributed by atoms with Crippen molar-refractivity contribution in [2.45, 2.75) is 91.8 Å². The number of benzene rings is 1. The molecule has 5 nitrogen and oxygen atoms in total. The fraction of sp³-hybridized carbons (Fsp3) is 0.760. The second-order valence-electron chi connectivity index (χ2n) is 7.66. The molecular formula is C25H44O5. The zero-order valence-corrected chi connectivity index (χ0v) is 19.7. The predicted molar refractivity (Wildman–Crippen MR) is 123 cm³/mol. The van der Waals surface area contributed by atoms with E-state index in [4.69, 9.17) is 18.9 Å². The highest BCUT2D eigenvalue weighted by Crippen LogP contribution is 2.30. The number of hydrogen-bond donors (Lipinski definition) is 1. The summed E-state index contributed by atoms with van der Waals surface area (Å²) in [7, 11) is 0. The van der Waals surface area contributed by atoms with Crippen LogP contribution >= 0.6 is 0 Å². The fourth-order valence-electron chi connectivity index (χ4n) is 3.15. The molecule has 0 saturated carbocycles. The van der Waals surface area contributed by atoms with E-state index >= 15 is 0 Å². The summed E-state index contributed by atoms with van der Waals surface area (Å²) in [4.78, 5) is 0. The Labute approximate surface area is 184 Å². The molecule has 1 aromatic rings. The van der Waals surface area contributed by atoms with Gasteiger partial charge >= 0.3 is 0 Å². The van der Waals surface area contributed by atoms with Crippen LogP contribution in [0.3, 0.4) is 0 Å². The van der Waals surface area contributed by atoms with Crippen molar-refractivity contribution in [2.75, 3.05) is 33.0 Å². The van der Waals surface area contributed by atoms with Gasteiger partial charge in [0.1, 0.15) is 11.5 Å². The lowest BCUT2D eigenvalue weighted by Gasteiger charge is -2.18. The summed E-state index contributed by atoms with van der Waals surface area (Å²) >= 11 is 0. The second kappa shape index (κ2) is 17.4. The Hall–Kier alpha value is -1.30. The Bertz CT molecular complexity index is 511. The molecule has 0 aliphatic carbocycles. The highest BCUT2D eigenvalue weighted by molar-refractivity contribution is 5.47. The van der Waals surface area contributed by atoms with Crippen LogP contribution in [0.25, 0.3) is 0 Å². The number of aromatic hydroxyl groups is 1. The monoisotopic (exact) mass is 424 g/mol. The van der Waals surface area contributed by atoms with Crippen LogP contribution in [0.2, 0.25) is 0 Å². The van der Waals surface area contributed by atoms with E-state index in [2.05, 4.69) is 27.7 Å². The first-order valence-electron chi connectivity index (χ1n) is 11.9. The molecule has 1 rings (SSSR count). The van der Waals surface area contributed by atoms with Crippen LogP contribution in [0.5, 0.6) is 11.5 Å². The SMILES string of the molecule is CCCCOC(COCCCCCOc1c(CC)cc(O)cc1CC)OCCCC. The van der Waals surface area contributed by atoms with Crippen molar-refractivity contribution in [1.29, 1.82) is 0 Å². The van der Waals surface area contributed by atoms with Gasteiger partial charge in [0.15, 0.2) is 6.29 Å². The van der Waals surface area contributed by atoms with E-state index in [0.29, 0.717) is 25.6 Å². The number of hydrogen-bond acceptors (Lipinski definition) is 5. The van der Waals surface area contributed by atoms with Gasteiger partial charge < -0.3 is 24.1 Å². The van der Waals surface area contributed by atoms with Gasteiger partial charge in [0.2, 0.25) is 0 Å². The Morgan fingerprint density at radius 3 is 1.83 bits per heavy atom. The van der Waals surface area contributed by atoms with E-state index < -0.39 is 0 Å². The van der Waals surface area contributed by atoms with Gasteiger partial charge in [-0.2, -0.15) is 0 Å². The minimum atomic E-state index is -0.249. The lowest BCUT2D eigenvalue weighted by Crippen LogP contribution is -2.25. The summed E-state index contributed by atoms with van der Waals surface area (Å²) in [6.07, 6.45) is 8.83. The van der Waals surface area contributed by atoms with Crippen molar-refractivity contribution < 1.29 is 24.1 Å². The number of rotatable bonds is 19. The molecule has 0 aromatic heterocycles. The highest BCUT2D eigenvalue weighted by atomic mass is 16.7. The van der Waals surface area contributed by atoms with Crippen LogP contribution in [0.1, 0.15) is 83.8 Å². The summed E-state index contributed by atoms with van der Waals surface area (Å²) in [5.41, 5.74) is 2.15. The quantitative estimate of drug-likeness (QED) is 0.217. The molecule has 0 radical (unpaired) electrons. The number of phenolic OH excluding ortho intramolecular Hbond substituents is 1. The normalized spacial score (nSPS) is 11.4. The molecule has 0 saturated heterocycles. The number of aryl methyl sites for hydroxylation is 2. The van der Waals surface area contributed by atoms with Gasteiger partial charge in [0.25, 0.3) is 0 Å². The molecule has 1 aromatic carbocycles. The highest BCUT2D eigenvalue weighted by Gasteiger charge is 2.11. The average Bonchev–Trinajstić information content (AvgIpc) is 2.75. The molecule has 174 valence electrons. The molecule has 0 aliphatic heterocycles. The average molecular weight is 425 g/mol. The third-order valence-corrected chi connectivity index (χ3v) is 5.03. The maximum atomic E-state index is 9.85. The molecule has 5 heteroatoms. The summed E-state index contributed by atoms with van der Waals surface area (Å²) in [6, 6.07) is 3.62. The molecule has 0 unspecified atom stereocenters. The van der Waals surface area contributed by atoms with Crippen molar-refractivity contribution in [2.24, 2.45) is 0 Å². The van der Waals surface area contributed by atoms with Crippen molar-refractivity contribution in [3.8, 4) is 11.5 Å². The van der Waals surface area contributed by atoms with E-state index in [9.17, 15) is 5.11 Å². The zero-order valence-electron chi connectivity index (χ0n) is 19.7. The smallest absolute Gasteiger partial charge is 0.180 e. The van der Waals surface area contributed by atoms with E-state index in [1.807, 2.05) is 12.1 Å². The molecule has 0 amide bonds. The topological polar surface area (TPSA) is 57.2 Å². The zero-order chi connectivity index (χ0) is 22.0. The van der Waals surface area contributed by atoms with Crippen molar-refractivity contribution >= 4 is 0 Å². The second-order valence-corrected chi connectivity index (χ2v) is 7.66. The Kier molecular flexibility index (Phi) is 15.5. The van der Waals surface area contributed by atoms with Gasteiger partial charge in [-0.05, 0) is 68.2 Å². The van der Waals surface area contributed by atoms with Gasteiger partial charge in [-0.25, -0.2) is 0 Å². The first-order valence-corrected chi connectivity index (χ1v) is 11.9. The molecule has 0 bridgehead atoms. The molecule has 1 N–H and O–H groups in total. The lowest BCUT2D eigenvalue weighted by atomic mass is 10.0. The molecule has 0 atom stereocenters. The van der Waals surface area contributed by atoms with Gasteiger partial charge in [0.05, 0.1) is 13.2 Å². The van der Waals surface area contributed by atoms with Gasteiger partial charge in [-0.3, -0.25) is 0 Å². The molecular weight excluding hydrogens is 380 g/mol. The van der Waals surface area contributed by atoms with Crippen LogP contribution in [-0.2, 0) is 27.1 Å². The summed E-state index contributed by atoms with van der Waals surface area (Å²) in [5, 5.41) is 9.85. The minimum Gasteiger partial charge on any atom is -0.508 e. The molecule has 30 heavy (non-hydrogen) atoms. The number of phenols is 1. The first-order chi connectivity index (χ1) is 14.7. The largest absolute Gasteiger partial charge is 0.508 e. The first kappa shape index (κ1) is 26.7. The maximum absolute atomic E-state index is 9.85. The van der Waals surface area contributed by atoms with Crippen LogP contribution < -0.4 is 4.74 Å². The third-order valence-electron chi connectivity index (χ3n) is 5.03. The maximum Gasteiger partial charge on any atom is 0.180 e. The fourth-order valence-corrected chi connectivity index (χ4v) is 3.15.